The van der Waals surface area contributed by atoms with Crippen molar-refractivity contribution >= 4 is 12.6 Å². The third-order valence-corrected chi connectivity index (χ3v) is 1.42. The molecule has 0 amide bonds. The minimum Gasteiger partial charge on any atom is -0.207 e. The smallest absolute Gasteiger partial charge is 0.126 e. The molecule has 0 heterocycles. The fourth-order valence-electron chi connectivity index (χ4n) is 0.694. The highest BCUT2D eigenvalue weighted by atomic mass is 32.1. The van der Waals surface area contributed by atoms with Crippen molar-refractivity contribution in [1.29, 1.82) is 0 Å². The molecule has 3 heteroatoms. The van der Waals surface area contributed by atoms with E-state index in [4.69, 9.17) is 0 Å². The van der Waals surface area contributed by atoms with E-state index < -0.39 is 11.6 Å². The van der Waals surface area contributed by atoms with Gasteiger partial charge in [-0.15, -0.1) is 0 Å². The topological polar surface area (TPSA) is 0 Å². The second kappa shape index (κ2) is 3.01. The van der Waals surface area contributed by atoms with E-state index in [0.717, 1.165) is 6.07 Å². The van der Waals surface area contributed by atoms with Crippen LogP contribution in [0.4, 0.5) is 8.78 Å². The van der Waals surface area contributed by atoms with E-state index >= 15 is 0 Å². The van der Waals surface area contributed by atoms with E-state index in [1.165, 1.54) is 12.1 Å². The van der Waals surface area contributed by atoms with Crippen molar-refractivity contribution in [1.82, 2.24) is 0 Å². The molecule has 53 valence electrons. The maximum atomic E-state index is 12.3. The maximum Gasteiger partial charge on any atom is 0.126 e. The van der Waals surface area contributed by atoms with E-state index in [0.29, 0.717) is 5.56 Å². The summed E-state index contributed by atoms with van der Waals surface area (Å²) in [4.78, 5) is 0. The first-order valence-electron chi connectivity index (χ1n) is 2.75. The Morgan fingerprint density at radius 3 is 2.00 bits per heavy atom. The number of rotatable bonds is 1. The summed E-state index contributed by atoms with van der Waals surface area (Å²) in [6.45, 7) is 0. The Morgan fingerprint density at radius 2 is 1.60 bits per heavy atom. The van der Waals surface area contributed by atoms with E-state index in [1.807, 2.05) is 0 Å². The lowest BCUT2D eigenvalue weighted by atomic mass is 10.2. The molecule has 1 radical (unpaired) electrons. The van der Waals surface area contributed by atoms with Crippen LogP contribution in [0.5, 0.6) is 0 Å². The molecule has 0 saturated heterocycles. The Kier molecular flexibility index (Phi) is 2.27. The highest BCUT2D eigenvalue weighted by Gasteiger charge is 1.97. The van der Waals surface area contributed by atoms with Crippen molar-refractivity contribution in [3.63, 3.8) is 0 Å². The average molecular weight is 159 g/mol. The lowest BCUT2D eigenvalue weighted by molar-refractivity contribution is 0.581. The van der Waals surface area contributed by atoms with Gasteiger partial charge in [0, 0.05) is 11.8 Å². The third kappa shape index (κ3) is 1.70. The van der Waals surface area contributed by atoms with Gasteiger partial charge in [-0.1, -0.05) is 12.6 Å². The Bertz CT molecular complexity index is 215. The molecule has 1 aromatic rings. The first-order valence-corrected chi connectivity index (χ1v) is 3.33. The first kappa shape index (κ1) is 7.54. The largest absolute Gasteiger partial charge is 0.207 e. The first-order chi connectivity index (χ1) is 4.72. The second-order valence-corrected chi connectivity index (χ2v) is 2.21. The summed E-state index contributed by atoms with van der Waals surface area (Å²) in [5.74, 6) is -0.894. The summed E-state index contributed by atoms with van der Waals surface area (Å²) in [7, 11) is 0. The molecule has 0 aliphatic carbocycles. The summed E-state index contributed by atoms with van der Waals surface area (Å²) in [6.07, 6.45) is 0. The van der Waals surface area contributed by atoms with Gasteiger partial charge in [0.15, 0.2) is 0 Å². The quantitative estimate of drug-likeness (QED) is 0.591. The Labute approximate surface area is 63.3 Å². The standard InChI is InChI=1S/C7H5F2S/c8-6-1-5(4-10)2-7(9)3-6/h1-3H,4H2. The van der Waals surface area contributed by atoms with Gasteiger partial charge in [-0.05, 0) is 17.7 Å². The van der Waals surface area contributed by atoms with Crippen LogP contribution < -0.4 is 0 Å². The maximum absolute atomic E-state index is 12.3. The number of hydrogen-bond acceptors (Lipinski definition) is 0. The molecule has 0 unspecified atom stereocenters. The van der Waals surface area contributed by atoms with Crippen LogP contribution in [-0.2, 0) is 5.75 Å². The van der Waals surface area contributed by atoms with Crippen LogP contribution in [0.3, 0.4) is 0 Å². The van der Waals surface area contributed by atoms with Gasteiger partial charge in [0.2, 0.25) is 0 Å². The van der Waals surface area contributed by atoms with Gasteiger partial charge in [0.1, 0.15) is 11.6 Å². The summed E-state index contributed by atoms with van der Waals surface area (Å²) in [5.41, 5.74) is 0.507. The van der Waals surface area contributed by atoms with Crippen LogP contribution >= 0.6 is 12.6 Å². The second-order valence-electron chi connectivity index (χ2n) is 1.92. The summed E-state index contributed by atoms with van der Waals surface area (Å²) < 4.78 is 24.7. The molecule has 0 aromatic heterocycles. The zero-order valence-corrected chi connectivity index (χ0v) is 5.92. The predicted octanol–water partition coefficient (Wildman–Crippen LogP) is 2.66. The van der Waals surface area contributed by atoms with Crippen molar-refractivity contribution in [3.8, 4) is 0 Å². The predicted molar refractivity (Wildman–Crippen MR) is 37.7 cm³/mol. The SMILES string of the molecule is Fc1cc(F)cc(C[S])c1. The van der Waals surface area contributed by atoms with Crippen molar-refractivity contribution < 1.29 is 8.78 Å². The van der Waals surface area contributed by atoms with Crippen molar-refractivity contribution in [2.45, 2.75) is 5.75 Å². The van der Waals surface area contributed by atoms with E-state index in [2.05, 4.69) is 12.6 Å². The zero-order chi connectivity index (χ0) is 7.56. The van der Waals surface area contributed by atoms with Crippen LogP contribution in [0.15, 0.2) is 18.2 Å². The minimum absolute atomic E-state index is 0.245. The lowest BCUT2D eigenvalue weighted by Gasteiger charge is -1.94. The summed E-state index contributed by atoms with van der Waals surface area (Å²) in [5, 5.41) is 0. The molecule has 0 aliphatic rings. The normalized spacial score (nSPS) is 9.90. The molecule has 0 fully saturated rings. The van der Waals surface area contributed by atoms with Gasteiger partial charge in [-0.3, -0.25) is 0 Å². The van der Waals surface area contributed by atoms with E-state index in [-0.39, 0.29) is 5.75 Å². The number of hydrogen-bond donors (Lipinski definition) is 0. The van der Waals surface area contributed by atoms with Crippen molar-refractivity contribution in [3.05, 3.63) is 35.4 Å². The highest BCUT2D eigenvalue weighted by molar-refractivity contribution is 7.79. The molecular weight excluding hydrogens is 154 g/mol. The molecule has 0 spiro atoms. The molecule has 0 bridgehead atoms. The summed E-state index contributed by atoms with van der Waals surface area (Å²) in [6, 6.07) is 3.29. The molecule has 0 aliphatic heterocycles. The van der Waals surface area contributed by atoms with Gasteiger partial charge in [0.25, 0.3) is 0 Å². The van der Waals surface area contributed by atoms with Gasteiger partial charge in [-0.2, -0.15) is 0 Å². The Balaban J connectivity index is 3.06. The fraction of sp³-hybridized carbons (Fsp3) is 0.143. The van der Waals surface area contributed by atoms with Crippen molar-refractivity contribution in [2.24, 2.45) is 0 Å². The molecular formula is C7H5F2S. The van der Waals surface area contributed by atoms with Crippen LogP contribution in [0.1, 0.15) is 5.56 Å². The molecule has 0 nitrogen and oxygen atoms in total. The number of benzene rings is 1. The molecule has 1 aromatic carbocycles. The van der Waals surface area contributed by atoms with Crippen LogP contribution in [-0.4, -0.2) is 0 Å². The summed E-state index contributed by atoms with van der Waals surface area (Å²) >= 11 is 4.60. The van der Waals surface area contributed by atoms with Gasteiger partial charge in [-0.25, -0.2) is 8.78 Å². The van der Waals surface area contributed by atoms with Gasteiger partial charge >= 0.3 is 0 Å². The Morgan fingerprint density at radius 1 is 1.10 bits per heavy atom. The minimum atomic E-state index is -0.570. The lowest BCUT2D eigenvalue weighted by Crippen LogP contribution is -1.83. The Hall–Kier alpha value is -0.570. The highest BCUT2D eigenvalue weighted by Crippen LogP contribution is 2.09. The van der Waals surface area contributed by atoms with Crippen LogP contribution in [0.2, 0.25) is 0 Å². The van der Waals surface area contributed by atoms with Crippen LogP contribution in [0, 0.1) is 11.6 Å². The molecule has 1 rings (SSSR count). The molecule has 10 heavy (non-hydrogen) atoms. The zero-order valence-electron chi connectivity index (χ0n) is 5.10. The molecule has 0 saturated carbocycles. The van der Waals surface area contributed by atoms with E-state index in [9.17, 15) is 8.78 Å². The monoisotopic (exact) mass is 159 g/mol. The van der Waals surface area contributed by atoms with Gasteiger partial charge < -0.3 is 0 Å². The van der Waals surface area contributed by atoms with Crippen molar-refractivity contribution in [2.75, 3.05) is 0 Å². The molecule has 0 atom stereocenters. The van der Waals surface area contributed by atoms with Crippen LogP contribution in [0.25, 0.3) is 0 Å². The average Bonchev–Trinajstić information content (AvgIpc) is 1.85. The van der Waals surface area contributed by atoms with E-state index in [1.54, 1.807) is 0 Å². The number of halogens is 2. The molecule has 0 N–H and O–H groups in total. The van der Waals surface area contributed by atoms with Gasteiger partial charge in [0.05, 0.1) is 0 Å². The third-order valence-electron chi connectivity index (χ3n) is 1.09. The fourth-order valence-corrected chi connectivity index (χ4v) is 0.861.